The van der Waals surface area contributed by atoms with Gasteiger partial charge in [-0.1, -0.05) is 0 Å². The van der Waals surface area contributed by atoms with E-state index in [2.05, 4.69) is 9.71 Å². The molecule has 0 saturated carbocycles. The summed E-state index contributed by atoms with van der Waals surface area (Å²) < 4.78 is 26.5. The summed E-state index contributed by atoms with van der Waals surface area (Å²) in [7, 11) is -3.58. The molecule has 0 atom stereocenters. The van der Waals surface area contributed by atoms with E-state index in [1.165, 1.54) is 24.3 Å². The molecular formula is C13H14N2O3S. The molecule has 1 heterocycles. The number of pyridine rings is 1. The van der Waals surface area contributed by atoms with Gasteiger partial charge in [0.2, 0.25) is 10.0 Å². The Labute approximate surface area is 112 Å². The number of aromatic hydroxyl groups is 1. The van der Waals surface area contributed by atoms with E-state index in [4.69, 9.17) is 5.11 Å². The van der Waals surface area contributed by atoms with Crippen LogP contribution in [0.4, 0.5) is 0 Å². The van der Waals surface area contributed by atoms with E-state index >= 15 is 0 Å². The molecule has 0 bridgehead atoms. The van der Waals surface area contributed by atoms with Crippen LogP contribution in [0.2, 0.25) is 0 Å². The van der Waals surface area contributed by atoms with E-state index in [1.807, 2.05) is 13.0 Å². The highest BCUT2D eigenvalue weighted by Gasteiger charge is 2.13. The number of nitrogens with zero attached hydrogens (tertiary/aromatic N) is 1. The Kier molecular flexibility index (Phi) is 3.82. The van der Waals surface area contributed by atoms with E-state index in [0.29, 0.717) is 0 Å². The van der Waals surface area contributed by atoms with Crippen LogP contribution in [-0.4, -0.2) is 18.5 Å². The monoisotopic (exact) mass is 278 g/mol. The predicted octanol–water partition coefficient (Wildman–Crippen LogP) is 1.57. The van der Waals surface area contributed by atoms with Gasteiger partial charge in [0, 0.05) is 18.9 Å². The molecular weight excluding hydrogens is 264 g/mol. The third kappa shape index (κ3) is 3.30. The Morgan fingerprint density at radius 3 is 2.53 bits per heavy atom. The van der Waals surface area contributed by atoms with Crippen LogP contribution in [0.15, 0.2) is 47.6 Å². The molecule has 0 radical (unpaired) electrons. The number of hydrogen-bond acceptors (Lipinski definition) is 4. The quantitative estimate of drug-likeness (QED) is 0.889. The maximum Gasteiger partial charge on any atom is 0.240 e. The molecule has 0 aliphatic carbocycles. The number of benzene rings is 1. The Morgan fingerprint density at radius 1 is 1.21 bits per heavy atom. The van der Waals surface area contributed by atoms with Crippen LogP contribution in [0.5, 0.6) is 5.75 Å². The van der Waals surface area contributed by atoms with Gasteiger partial charge in [-0.2, -0.15) is 0 Å². The number of sulfonamides is 1. The molecule has 0 aliphatic heterocycles. The van der Waals surface area contributed by atoms with Crippen molar-refractivity contribution < 1.29 is 13.5 Å². The largest absolute Gasteiger partial charge is 0.508 e. The second-order valence-corrected chi connectivity index (χ2v) is 5.89. The summed E-state index contributed by atoms with van der Waals surface area (Å²) in [6, 6.07) is 7.21. The molecule has 0 fully saturated rings. The Balaban J connectivity index is 2.14. The van der Waals surface area contributed by atoms with Crippen molar-refractivity contribution in [3.63, 3.8) is 0 Å². The van der Waals surface area contributed by atoms with Crippen LogP contribution in [0.3, 0.4) is 0 Å². The van der Waals surface area contributed by atoms with Crippen molar-refractivity contribution in [1.82, 2.24) is 9.71 Å². The lowest BCUT2D eigenvalue weighted by molar-refractivity contribution is 0.474. The number of nitrogens with one attached hydrogen (secondary N) is 1. The van der Waals surface area contributed by atoms with Crippen LogP contribution >= 0.6 is 0 Å². The first-order valence-electron chi connectivity index (χ1n) is 5.67. The van der Waals surface area contributed by atoms with Gasteiger partial charge in [-0.15, -0.1) is 0 Å². The molecule has 2 aromatic rings. The first-order valence-corrected chi connectivity index (χ1v) is 7.15. The first-order chi connectivity index (χ1) is 8.99. The zero-order valence-electron chi connectivity index (χ0n) is 10.4. The second kappa shape index (κ2) is 5.38. The molecule has 2 N–H and O–H groups in total. The maximum atomic E-state index is 12.0. The minimum atomic E-state index is -3.58. The summed E-state index contributed by atoms with van der Waals surface area (Å²) in [6.45, 7) is 2.08. The predicted molar refractivity (Wildman–Crippen MR) is 71.1 cm³/mol. The van der Waals surface area contributed by atoms with Crippen molar-refractivity contribution in [2.45, 2.75) is 18.4 Å². The highest BCUT2D eigenvalue weighted by Crippen LogP contribution is 2.15. The van der Waals surface area contributed by atoms with Gasteiger partial charge >= 0.3 is 0 Å². The summed E-state index contributed by atoms with van der Waals surface area (Å²) in [4.78, 5) is 4.08. The van der Waals surface area contributed by atoms with Gasteiger partial charge in [0.1, 0.15) is 5.75 Å². The number of aryl methyl sites for hydroxylation is 1. The van der Waals surface area contributed by atoms with Crippen molar-refractivity contribution in [2.75, 3.05) is 0 Å². The molecule has 0 aliphatic rings. The van der Waals surface area contributed by atoms with Crippen molar-refractivity contribution in [1.29, 1.82) is 0 Å². The lowest BCUT2D eigenvalue weighted by Crippen LogP contribution is -2.23. The van der Waals surface area contributed by atoms with E-state index < -0.39 is 10.0 Å². The van der Waals surface area contributed by atoms with Crippen LogP contribution in [0, 0.1) is 6.92 Å². The van der Waals surface area contributed by atoms with E-state index in [0.717, 1.165) is 11.1 Å². The lowest BCUT2D eigenvalue weighted by atomic mass is 10.2. The van der Waals surface area contributed by atoms with Crippen LogP contribution in [0.25, 0.3) is 0 Å². The molecule has 19 heavy (non-hydrogen) atoms. The Bertz CT molecular complexity index is 667. The Hall–Kier alpha value is -1.92. The summed E-state index contributed by atoms with van der Waals surface area (Å²) in [5, 5.41) is 9.14. The van der Waals surface area contributed by atoms with Gasteiger partial charge in [0.25, 0.3) is 0 Å². The van der Waals surface area contributed by atoms with Crippen LogP contribution in [0.1, 0.15) is 11.1 Å². The molecule has 0 amide bonds. The summed E-state index contributed by atoms with van der Waals surface area (Å²) >= 11 is 0. The van der Waals surface area contributed by atoms with Gasteiger partial charge in [-0.25, -0.2) is 13.1 Å². The summed E-state index contributed by atoms with van der Waals surface area (Å²) in [6.07, 6.45) is 3.29. The molecule has 6 heteroatoms. The summed E-state index contributed by atoms with van der Waals surface area (Å²) in [5.74, 6) is 0.0297. The first kappa shape index (κ1) is 13.5. The number of aromatic nitrogens is 1. The van der Waals surface area contributed by atoms with Gasteiger partial charge in [0.15, 0.2) is 0 Å². The third-order valence-corrected chi connectivity index (χ3v) is 4.16. The van der Waals surface area contributed by atoms with Crippen molar-refractivity contribution >= 4 is 10.0 Å². The van der Waals surface area contributed by atoms with E-state index in [-0.39, 0.29) is 17.2 Å². The molecule has 1 aromatic carbocycles. The minimum absolute atomic E-state index is 0.0297. The number of phenolic OH excluding ortho intramolecular Hbond substituents is 1. The molecule has 100 valence electrons. The molecule has 0 saturated heterocycles. The standard InChI is InChI=1S/C13H14N2O3S/c1-10-6-7-14-8-11(10)9-15-19(17,18)13-4-2-12(16)3-5-13/h2-8,15-16H,9H2,1H3. The average Bonchev–Trinajstić information content (AvgIpc) is 2.38. The zero-order valence-corrected chi connectivity index (χ0v) is 11.2. The summed E-state index contributed by atoms with van der Waals surface area (Å²) in [5.41, 5.74) is 1.80. The lowest BCUT2D eigenvalue weighted by Gasteiger charge is -2.08. The highest BCUT2D eigenvalue weighted by molar-refractivity contribution is 7.89. The van der Waals surface area contributed by atoms with Gasteiger partial charge in [0.05, 0.1) is 4.90 Å². The number of rotatable bonds is 4. The Morgan fingerprint density at radius 2 is 1.89 bits per heavy atom. The SMILES string of the molecule is Cc1ccncc1CNS(=O)(=O)c1ccc(O)cc1. The van der Waals surface area contributed by atoms with Gasteiger partial charge in [-0.05, 0) is 48.4 Å². The fourth-order valence-corrected chi connectivity index (χ4v) is 2.57. The normalized spacial score (nSPS) is 11.4. The van der Waals surface area contributed by atoms with Crippen LogP contribution in [-0.2, 0) is 16.6 Å². The van der Waals surface area contributed by atoms with Crippen LogP contribution < -0.4 is 4.72 Å². The zero-order chi connectivity index (χ0) is 13.9. The second-order valence-electron chi connectivity index (χ2n) is 4.12. The van der Waals surface area contributed by atoms with Crippen molar-refractivity contribution in [2.24, 2.45) is 0 Å². The average molecular weight is 278 g/mol. The van der Waals surface area contributed by atoms with Gasteiger partial charge < -0.3 is 5.11 Å². The third-order valence-electron chi connectivity index (χ3n) is 2.75. The smallest absolute Gasteiger partial charge is 0.240 e. The molecule has 2 rings (SSSR count). The van der Waals surface area contributed by atoms with E-state index in [9.17, 15) is 8.42 Å². The maximum absolute atomic E-state index is 12.0. The fourth-order valence-electron chi connectivity index (χ4n) is 1.56. The minimum Gasteiger partial charge on any atom is -0.508 e. The fraction of sp³-hybridized carbons (Fsp3) is 0.154. The van der Waals surface area contributed by atoms with Crippen molar-refractivity contribution in [3.8, 4) is 5.75 Å². The molecule has 0 spiro atoms. The molecule has 0 unspecified atom stereocenters. The topological polar surface area (TPSA) is 79.3 Å². The highest BCUT2D eigenvalue weighted by atomic mass is 32.2. The molecule has 5 nitrogen and oxygen atoms in total. The van der Waals surface area contributed by atoms with Gasteiger partial charge in [-0.3, -0.25) is 4.98 Å². The van der Waals surface area contributed by atoms with E-state index in [1.54, 1.807) is 12.4 Å². The number of hydrogen-bond donors (Lipinski definition) is 2. The number of phenols is 1. The molecule has 1 aromatic heterocycles. The van der Waals surface area contributed by atoms with Crippen molar-refractivity contribution in [3.05, 3.63) is 53.9 Å².